The quantitative estimate of drug-likeness (QED) is 0.127. The summed E-state index contributed by atoms with van der Waals surface area (Å²) in [6.07, 6.45) is 10.8. The smallest absolute Gasteiger partial charge is 0.423 e. The summed E-state index contributed by atoms with van der Waals surface area (Å²) in [5, 5.41) is 18.1. The maximum atomic E-state index is 13.3. The van der Waals surface area contributed by atoms with Gasteiger partial charge in [-0.15, -0.1) is 0 Å². The Labute approximate surface area is 265 Å². The van der Waals surface area contributed by atoms with Gasteiger partial charge in [0.15, 0.2) is 5.11 Å². The molecule has 0 heterocycles. The summed E-state index contributed by atoms with van der Waals surface area (Å²) in [5.74, 6) is 1.56. The number of hydrogen-bond donors (Lipinski definition) is 2. The number of benzene rings is 1. The number of rotatable bonds is 13. The first kappa shape index (κ1) is 35.4. The average Bonchev–Trinajstić information content (AvgIpc) is 2.98. The van der Waals surface area contributed by atoms with Crippen LogP contribution in [0.5, 0.6) is 0 Å². The molecule has 2 aliphatic rings. The number of nitrogens with one attached hydrogen (secondary N) is 2. The van der Waals surface area contributed by atoms with E-state index >= 15 is 0 Å². The van der Waals surface area contributed by atoms with Gasteiger partial charge in [-0.05, 0) is 107 Å². The molecule has 1 aromatic rings. The van der Waals surface area contributed by atoms with E-state index in [9.17, 15) is 23.3 Å². The summed E-state index contributed by atoms with van der Waals surface area (Å²) in [4.78, 5) is 12.3. The zero-order chi connectivity index (χ0) is 32.3. The fourth-order valence-electron chi connectivity index (χ4n) is 5.82. The van der Waals surface area contributed by atoms with E-state index in [4.69, 9.17) is 17.0 Å². The molecule has 44 heavy (non-hydrogen) atoms. The minimum atomic E-state index is -4.80. The van der Waals surface area contributed by atoms with Crippen LogP contribution in [-0.2, 0) is 10.9 Å². The molecule has 0 radical (unpaired) electrons. The van der Waals surface area contributed by atoms with Crippen LogP contribution in [0.25, 0.3) is 0 Å². The lowest BCUT2D eigenvalue weighted by Gasteiger charge is -2.31. The van der Waals surface area contributed by atoms with Gasteiger partial charge >= 0.3 is 6.18 Å². The molecule has 1 fully saturated rings. The number of allylic oxidation sites excluding steroid dienone is 6. The Hall–Kier alpha value is -3.08. The third-order valence-corrected chi connectivity index (χ3v) is 8.99. The second-order valence-electron chi connectivity index (χ2n) is 12.0. The average molecular weight is 637 g/mol. The van der Waals surface area contributed by atoms with Crippen molar-refractivity contribution in [3.8, 4) is 0 Å². The summed E-state index contributed by atoms with van der Waals surface area (Å²) in [6, 6.07) is 3.07. The van der Waals surface area contributed by atoms with Crippen LogP contribution in [0, 0.1) is 16.0 Å². The lowest BCUT2D eigenvalue weighted by molar-refractivity contribution is -0.388. The molecule has 1 aromatic carbocycles. The van der Waals surface area contributed by atoms with Gasteiger partial charge in [0, 0.05) is 44.4 Å². The molecule has 0 aromatic heterocycles. The molecule has 0 aliphatic heterocycles. The topological polar surface area (TPSA) is 79.7 Å². The van der Waals surface area contributed by atoms with Gasteiger partial charge in [0.2, 0.25) is 0 Å². The van der Waals surface area contributed by atoms with Gasteiger partial charge in [-0.1, -0.05) is 31.6 Å². The van der Waals surface area contributed by atoms with Crippen LogP contribution in [0.3, 0.4) is 0 Å². The summed E-state index contributed by atoms with van der Waals surface area (Å²) >= 11 is 5.45. The summed E-state index contributed by atoms with van der Waals surface area (Å²) in [5.41, 5.74) is 0.855. The minimum absolute atomic E-state index is 0.0200. The third kappa shape index (κ3) is 10.8. The maximum absolute atomic E-state index is 13.3. The lowest BCUT2D eigenvalue weighted by Crippen LogP contribution is -2.39. The first-order chi connectivity index (χ1) is 20.9. The second-order valence-corrected chi connectivity index (χ2v) is 12.4. The molecule has 0 amide bonds. The van der Waals surface area contributed by atoms with Crippen LogP contribution in [0.1, 0.15) is 90.5 Å². The molecule has 1 unspecified atom stereocenters. The number of ether oxygens (including phenoxy) is 1. The van der Waals surface area contributed by atoms with Crippen LogP contribution in [0.4, 0.5) is 24.5 Å². The molecule has 0 saturated heterocycles. The monoisotopic (exact) mass is 636 g/mol. The van der Waals surface area contributed by atoms with Crippen molar-refractivity contribution < 1.29 is 22.8 Å². The van der Waals surface area contributed by atoms with E-state index in [1.54, 1.807) is 0 Å². The summed E-state index contributed by atoms with van der Waals surface area (Å²) in [6.45, 7) is 8.64. The van der Waals surface area contributed by atoms with Crippen LogP contribution in [0.15, 0.2) is 53.3 Å². The van der Waals surface area contributed by atoms with E-state index in [1.807, 2.05) is 7.05 Å². The molecule has 2 aliphatic carbocycles. The number of nitro benzene ring substituents is 1. The minimum Gasteiger partial charge on any atom is -0.495 e. The molecule has 3 rings (SSSR count). The molecule has 2 N–H and O–H groups in total. The highest BCUT2D eigenvalue weighted by Crippen LogP contribution is 2.38. The van der Waals surface area contributed by atoms with Crippen molar-refractivity contribution in [2.45, 2.75) is 103 Å². The number of nitro groups is 1. The van der Waals surface area contributed by atoms with Crippen molar-refractivity contribution in [1.29, 1.82) is 0 Å². The molecule has 1 atom stereocenters. The van der Waals surface area contributed by atoms with Crippen LogP contribution >= 0.6 is 12.2 Å². The zero-order valence-corrected chi connectivity index (χ0v) is 27.2. The molecular weight excluding hydrogens is 589 g/mol. The lowest BCUT2D eigenvalue weighted by atomic mass is 9.92. The van der Waals surface area contributed by atoms with Crippen molar-refractivity contribution in [3.05, 3.63) is 69.0 Å². The molecule has 0 bridgehead atoms. The third-order valence-electron chi connectivity index (χ3n) is 8.53. The van der Waals surface area contributed by atoms with Gasteiger partial charge in [0.25, 0.3) is 5.69 Å². The molecule has 7 nitrogen and oxygen atoms in total. The SMILES string of the molecule is CCCN(CCC(C)CCC1=C(/C)CC/C(O[C@H]2CC[C@H](Nc3ccc([N+](=O)[O-])c(C(F)(F)F)c3)CC2)=C/C=C\1)C(=S)NC. The van der Waals surface area contributed by atoms with Crippen LogP contribution < -0.4 is 10.6 Å². The summed E-state index contributed by atoms with van der Waals surface area (Å²) < 4.78 is 46.4. The van der Waals surface area contributed by atoms with Crippen LogP contribution in [0.2, 0.25) is 0 Å². The van der Waals surface area contributed by atoms with Crippen molar-refractivity contribution >= 4 is 28.7 Å². The normalized spacial score (nSPS) is 23.4. The van der Waals surface area contributed by atoms with Gasteiger partial charge in [-0.3, -0.25) is 10.1 Å². The second kappa shape index (κ2) is 16.8. The highest BCUT2D eigenvalue weighted by molar-refractivity contribution is 7.80. The Morgan fingerprint density at radius 3 is 2.55 bits per heavy atom. The fraction of sp³-hybridized carbons (Fsp3) is 0.606. The van der Waals surface area contributed by atoms with Gasteiger partial charge in [-0.25, -0.2) is 0 Å². The van der Waals surface area contributed by atoms with E-state index in [1.165, 1.54) is 17.2 Å². The maximum Gasteiger partial charge on any atom is 0.423 e. The number of nitrogens with zero attached hydrogens (tertiary/aromatic N) is 2. The van der Waals surface area contributed by atoms with Gasteiger partial charge in [0.05, 0.1) is 16.8 Å². The predicted molar refractivity (Wildman–Crippen MR) is 175 cm³/mol. The predicted octanol–water partition coefficient (Wildman–Crippen LogP) is 8.93. The molecule has 244 valence electrons. The molecular formula is C33H47F3N4O3S. The fourth-order valence-corrected chi connectivity index (χ4v) is 6.00. The van der Waals surface area contributed by atoms with Gasteiger partial charge in [0.1, 0.15) is 5.56 Å². The van der Waals surface area contributed by atoms with Crippen molar-refractivity contribution in [1.82, 2.24) is 10.2 Å². The van der Waals surface area contributed by atoms with Crippen LogP contribution in [-0.4, -0.2) is 47.2 Å². The number of hydrogen-bond acceptors (Lipinski definition) is 5. The van der Waals surface area contributed by atoms with Crippen molar-refractivity contribution in [2.75, 3.05) is 25.5 Å². The number of thiocarbonyl (C=S) groups is 1. The first-order valence-corrected chi connectivity index (χ1v) is 16.1. The largest absolute Gasteiger partial charge is 0.495 e. The Bertz CT molecular complexity index is 1220. The van der Waals surface area contributed by atoms with Crippen molar-refractivity contribution in [3.63, 3.8) is 0 Å². The molecule has 0 spiro atoms. The highest BCUT2D eigenvalue weighted by Gasteiger charge is 2.38. The van der Waals surface area contributed by atoms with E-state index in [2.05, 4.69) is 54.5 Å². The Balaban J connectivity index is 1.46. The number of halogens is 3. The van der Waals surface area contributed by atoms with Gasteiger partial charge < -0.3 is 20.3 Å². The van der Waals surface area contributed by atoms with E-state index in [-0.39, 0.29) is 17.8 Å². The van der Waals surface area contributed by atoms with E-state index < -0.39 is 22.4 Å². The Kier molecular flexibility index (Phi) is 13.5. The van der Waals surface area contributed by atoms with E-state index in [0.717, 1.165) is 100 Å². The Morgan fingerprint density at radius 2 is 1.91 bits per heavy atom. The first-order valence-electron chi connectivity index (χ1n) is 15.7. The zero-order valence-electron chi connectivity index (χ0n) is 26.3. The van der Waals surface area contributed by atoms with E-state index in [0.29, 0.717) is 5.92 Å². The summed E-state index contributed by atoms with van der Waals surface area (Å²) in [7, 11) is 1.88. The molecule has 11 heteroatoms. The molecule has 1 saturated carbocycles. The van der Waals surface area contributed by atoms with Crippen molar-refractivity contribution in [2.24, 2.45) is 5.92 Å². The standard InChI is InChI=1S/C33H47F3N4O3S/c1-5-20-39(32(44)37-4)21-19-23(2)9-11-25-7-6-8-28(15-10-24(25)3)43-29-16-12-26(13-17-29)38-27-14-18-31(40(41)42)30(22-27)33(34,35)36/h6-8,14,18,22-23,26,29,38H,5,9-13,15-17,19-21H2,1-4H3,(H,37,44)/b7-6-,25-24-,28-8-/t23?,26-,29-. The number of anilines is 1. The number of alkyl halides is 3. The Morgan fingerprint density at radius 1 is 1.18 bits per heavy atom. The van der Waals surface area contributed by atoms with Gasteiger partial charge in [-0.2, -0.15) is 13.2 Å². The highest BCUT2D eigenvalue weighted by atomic mass is 32.1.